The molecular weight excluding hydrogens is 454 g/mol. The predicted octanol–water partition coefficient (Wildman–Crippen LogP) is 4.09. The summed E-state index contributed by atoms with van der Waals surface area (Å²) in [6.45, 7) is 9.09. The molecule has 1 amide bonds. The number of sulfonamides is 1. The highest BCUT2D eigenvalue weighted by molar-refractivity contribution is 7.92. The highest BCUT2D eigenvalue weighted by atomic mass is 32.2. The number of carbonyl (C=O) groups excluding carboxylic acids is 1. The Labute approximate surface area is 200 Å². The Balaban J connectivity index is 2.00. The van der Waals surface area contributed by atoms with E-state index in [4.69, 9.17) is 4.74 Å². The van der Waals surface area contributed by atoms with Gasteiger partial charge in [-0.1, -0.05) is 33.8 Å². The van der Waals surface area contributed by atoms with Crippen molar-refractivity contribution in [3.63, 3.8) is 0 Å². The van der Waals surface area contributed by atoms with Crippen LogP contribution in [0.3, 0.4) is 0 Å². The average molecular weight is 486 g/mol. The lowest BCUT2D eigenvalue weighted by Crippen LogP contribution is -2.39. The zero-order valence-electron chi connectivity index (χ0n) is 20.1. The van der Waals surface area contributed by atoms with E-state index in [0.29, 0.717) is 30.0 Å². The number of hydrogen-bond acceptors (Lipinski definition) is 5. The maximum atomic E-state index is 13.3. The van der Waals surface area contributed by atoms with Crippen LogP contribution >= 0.6 is 0 Å². The van der Waals surface area contributed by atoms with Gasteiger partial charge < -0.3 is 14.6 Å². The van der Waals surface area contributed by atoms with Gasteiger partial charge >= 0.3 is 0 Å². The van der Waals surface area contributed by atoms with Crippen LogP contribution < -0.4 is 14.9 Å². The van der Waals surface area contributed by atoms with Crippen LogP contribution in [-0.2, 0) is 10.0 Å². The van der Waals surface area contributed by atoms with Gasteiger partial charge in [0.05, 0.1) is 17.7 Å². The fourth-order valence-corrected chi connectivity index (χ4v) is 4.79. The van der Waals surface area contributed by atoms with Crippen LogP contribution in [0.4, 0.5) is 5.69 Å². The van der Waals surface area contributed by atoms with Crippen molar-refractivity contribution in [2.45, 2.75) is 32.6 Å². The normalized spacial score (nSPS) is 11.7. The van der Waals surface area contributed by atoms with Gasteiger partial charge in [-0.2, -0.15) is 0 Å². The van der Waals surface area contributed by atoms with Crippen molar-refractivity contribution in [3.05, 3.63) is 64.4 Å². The number of hydrogen-bond donors (Lipinski definition) is 2. The van der Waals surface area contributed by atoms with Gasteiger partial charge in [0.2, 0.25) is 5.43 Å². The van der Waals surface area contributed by atoms with Crippen molar-refractivity contribution in [1.82, 2.24) is 9.88 Å². The summed E-state index contributed by atoms with van der Waals surface area (Å²) < 4.78 is 33.6. The van der Waals surface area contributed by atoms with Crippen molar-refractivity contribution in [2.24, 2.45) is 11.8 Å². The minimum Gasteiger partial charge on any atom is -0.497 e. The van der Waals surface area contributed by atoms with Crippen LogP contribution in [-0.4, -0.2) is 44.4 Å². The Bertz CT molecular complexity index is 1340. The van der Waals surface area contributed by atoms with E-state index in [0.717, 1.165) is 0 Å². The molecule has 0 spiro atoms. The van der Waals surface area contributed by atoms with E-state index in [-0.39, 0.29) is 33.6 Å². The molecule has 0 unspecified atom stereocenters. The van der Waals surface area contributed by atoms with Crippen LogP contribution in [0.2, 0.25) is 0 Å². The first kappa shape index (κ1) is 25.3. The highest BCUT2D eigenvalue weighted by Crippen LogP contribution is 2.22. The second-order valence-corrected chi connectivity index (χ2v) is 10.8. The average Bonchev–Trinajstić information content (AvgIpc) is 2.77. The minimum atomic E-state index is -3.98. The molecule has 3 rings (SSSR count). The maximum absolute atomic E-state index is 13.3. The number of amides is 1. The standard InChI is InChI=1S/C25H31N3O5S/c1-16(2)14-28(15-17(3)4)25(30)22-13-26-23-10-9-20(12-21(23)24(22)29)34(31,32)27-18-7-6-8-19(11-18)33-5/h6-13,16-17,27H,14-15H2,1-5H3,(H,26,29). The van der Waals surface area contributed by atoms with Crippen molar-refractivity contribution in [2.75, 3.05) is 24.9 Å². The summed E-state index contributed by atoms with van der Waals surface area (Å²) in [5.74, 6) is 0.613. The summed E-state index contributed by atoms with van der Waals surface area (Å²) in [4.78, 5) is 31.1. The highest BCUT2D eigenvalue weighted by Gasteiger charge is 2.23. The van der Waals surface area contributed by atoms with Gasteiger partial charge in [0.15, 0.2) is 0 Å². The summed E-state index contributed by atoms with van der Waals surface area (Å²) in [5, 5.41) is 0.133. The van der Waals surface area contributed by atoms with Crippen molar-refractivity contribution >= 4 is 32.5 Å². The SMILES string of the molecule is COc1cccc(NS(=O)(=O)c2ccc3[nH]cc(C(=O)N(CC(C)C)CC(C)C)c(=O)c3c2)c1. The lowest BCUT2D eigenvalue weighted by molar-refractivity contribution is 0.0713. The number of nitrogens with one attached hydrogen (secondary N) is 2. The quantitative estimate of drug-likeness (QED) is 0.475. The molecule has 0 atom stereocenters. The monoisotopic (exact) mass is 485 g/mol. The van der Waals surface area contributed by atoms with Crippen LogP contribution in [0.5, 0.6) is 5.75 Å². The number of carbonyl (C=O) groups is 1. The number of fused-ring (bicyclic) bond motifs is 1. The van der Waals surface area contributed by atoms with Gasteiger partial charge in [0, 0.05) is 36.3 Å². The Hall–Kier alpha value is -3.33. The summed E-state index contributed by atoms with van der Waals surface area (Å²) in [7, 11) is -2.49. The number of ether oxygens (including phenoxy) is 1. The maximum Gasteiger partial charge on any atom is 0.261 e. The van der Waals surface area contributed by atoms with E-state index in [1.54, 1.807) is 29.2 Å². The molecule has 0 aliphatic rings. The third kappa shape index (κ3) is 5.77. The molecule has 3 aromatic rings. The fraction of sp³-hybridized carbons (Fsp3) is 0.360. The van der Waals surface area contributed by atoms with Gasteiger partial charge in [-0.3, -0.25) is 14.3 Å². The van der Waals surface area contributed by atoms with E-state index in [1.807, 2.05) is 27.7 Å². The zero-order chi connectivity index (χ0) is 25.0. The fourth-order valence-electron chi connectivity index (χ4n) is 3.72. The largest absolute Gasteiger partial charge is 0.497 e. The number of rotatable bonds is 9. The molecule has 2 aromatic carbocycles. The van der Waals surface area contributed by atoms with Gasteiger partial charge in [-0.15, -0.1) is 0 Å². The first-order chi connectivity index (χ1) is 16.0. The Morgan fingerprint density at radius 1 is 1.06 bits per heavy atom. The van der Waals surface area contributed by atoms with Crippen LogP contribution in [0.25, 0.3) is 10.9 Å². The number of anilines is 1. The third-order valence-electron chi connectivity index (χ3n) is 5.17. The van der Waals surface area contributed by atoms with Crippen molar-refractivity contribution in [1.29, 1.82) is 0 Å². The molecule has 0 bridgehead atoms. The number of nitrogens with zero attached hydrogens (tertiary/aromatic N) is 1. The molecule has 0 aliphatic carbocycles. The van der Waals surface area contributed by atoms with Crippen molar-refractivity contribution < 1.29 is 17.9 Å². The molecule has 8 nitrogen and oxygen atoms in total. The van der Waals surface area contributed by atoms with E-state index in [9.17, 15) is 18.0 Å². The Morgan fingerprint density at radius 2 is 1.74 bits per heavy atom. The van der Waals surface area contributed by atoms with Gasteiger partial charge in [-0.25, -0.2) is 8.42 Å². The van der Waals surface area contributed by atoms with Gasteiger partial charge in [0.1, 0.15) is 11.3 Å². The lowest BCUT2D eigenvalue weighted by Gasteiger charge is -2.26. The Morgan fingerprint density at radius 3 is 2.35 bits per heavy atom. The summed E-state index contributed by atoms with van der Waals surface area (Å²) in [6.07, 6.45) is 1.41. The van der Waals surface area contributed by atoms with Gasteiger partial charge in [-0.05, 0) is 42.2 Å². The van der Waals surface area contributed by atoms with E-state index in [2.05, 4.69) is 9.71 Å². The summed E-state index contributed by atoms with van der Waals surface area (Å²) in [5.41, 5.74) is 0.259. The molecule has 1 aromatic heterocycles. The Kier molecular flexibility index (Phi) is 7.66. The number of aromatic nitrogens is 1. The molecule has 9 heteroatoms. The van der Waals surface area contributed by atoms with E-state index < -0.39 is 15.5 Å². The number of pyridine rings is 1. The summed E-state index contributed by atoms with van der Waals surface area (Å²) in [6, 6.07) is 10.7. The van der Waals surface area contributed by atoms with Crippen LogP contribution in [0.15, 0.2) is 58.4 Å². The molecule has 1 heterocycles. The van der Waals surface area contributed by atoms with Crippen LogP contribution in [0, 0.1) is 11.8 Å². The molecule has 2 N–H and O–H groups in total. The van der Waals surface area contributed by atoms with Crippen molar-refractivity contribution in [3.8, 4) is 5.75 Å². The minimum absolute atomic E-state index is 0.0101. The molecule has 0 radical (unpaired) electrons. The molecule has 34 heavy (non-hydrogen) atoms. The second-order valence-electron chi connectivity index (χ2n) is 9.07. The molecule has 0 aliphatic heterocycles. The number of methoxy groups -OCH3 is 1. The van der Waals surface area contributed by atoms with Gasteiger partial charge in [0.25, 0.3) is 15.9 Å². The molecule has 0 fully saturated rings. The molecular formula is C25H31N3O5S. The number of aromatic amines is 1. The zero-order valence-corrected chi connectivity index (χ0v) is 20.9. The molecule has 0 saturated carbocycles. The second kappa shape index (κ2) is 10.3. The predicted molar refractivity (Wildman–Crippen MR) is 134 cm³/mol. The molecule has 182 valence electrons. The third-order valence-corrected chi connectivity index (χ3v) is 6.55. The number of H-pyrrole nitrogens is 1. The first-order valence-corrected chi connectivity index (χ1v) is 12.6. The van der Waals surface area contributed by atoms with E-state index in [1.165, 1.54) is 31.5 Å². The first-order valence-electron chi connectivity index (χ1n) is 11.1. The van der Waals surface area contributed by atoms with Crippen LogP contribution in [0.1, 0.15) is 38.1 Å². The lowest BCUT2D eigenvalue weighted by atomic mass is 10.1. The topological polar surface area (TPSA) is 109 Å². The van der Waals surface area contributed by atoms with E-state index >= 15 is 0 Å². The number of benzene rings is 2. The summed E-state index contributed by atoms with van der Waals surface area (Å²) >= 11 is 0. The smallest absolute Gasteiger partial charge is 0.261 e. The molecule has 0 saturated heterocycles.